The van der Waals surface area contributed by atoms with Crippen LogP contribution in [-0.2, 0) is 4.79 Å². The maximum absolute atomic E-state index is 12.3. The average Bonchev–Trinajstić information content (AvgIpc) is 2.51. The highest BCUT2D eigenvalue weighted by atomic mass is 79.9. The fourth-order valence-electron chi connectivity index (χ4n) is 2.23. The summed E-state index contributed by atoms with van der Waals surface area (Å²) in [6.45, 7) is 1.95. The predicted molar refractivity (Wildman–Crippen MR) is 94.0 cm³/mol. The first-order valence-corrected chi connectivity index (χ1v) is 7.92. The molecule has 0 radical (unpaired) electrons. The smallest absolute Gasteiger partial charge is 0.312 e. The molecule has 0 aliphatic carbocycles. The van der Waals surface area contributed by atoms with Crippen LogP contribution in [-0.4, -0.2) is 11.9 Å². The zero-order valence-corrected chi connectivity index (χ0v) is 14.3. The summed E-state index contributed by atoms with van der Waals surface area (Å²) in [5, 5.41) is 5.44. The van der Waals surface area contributed by atoms with Crippen molar-refractivity contribution in [3.05, 3.63) is 64.1 Å². The second-order valence-electron chi connectivity index (χ2n) is 5.19. The van der Waals surface area contributed by atoms with E-state index in [1.54, 1.807) is 0 Å². The Morgan fingerprint density at radius 2 is 1.87 bits per heavy atom. The molecule has 1 atom stereocenters. The van der Waals surface area contributed by atoms with Gasteiger partial charge in [-0.15, -0.1) is 0 Å². The highest BCUT2D eigenvalue weighted by Gasteiger charge is 2.17. The van der Waals surface area contributed by atoms with Crippen LogP contribution in [0.4, 0.5) is 10.5 Å². The first-order chi connectivity index (χ1) is 11.0. The molecular weight excluding hydrogens is 358 g/mol. The van der Waals surface area contributed by atoms with Crippen molar-refractivity contribution in [3.63, 3.8) is 0 Å². The molecule has 2 rings (SSSR count). The molecule has 0 fully saturated rings. The van der Waals surface area contributed by atoms with Gasteiger partial charge in [0, 0.05) is 10.2 Å². The zero-order chi connectivity index (χ0) is 16.8. The molecule has 0 aliphatic rings. The third kappa shape index (κ3) is 5.10. The summed E-state index contributed by atoms with van der Waals surface area (Å²) in [6.07, 6.45) is 0.0993. The highest BCUT2D eigenvalue weighted by molar-refractivity contribution is 9.10. The Morgan fingerprint density at radius 3 is 2.48 bits per heavy atom. The Bertz CT molecular complexity index is 704. The number of halogens is 1. The Morgan fingerprint density at radius 1 is 1.17 bits per heavy atom. The molecule has 0 bridgehead atoms. The SMILES string of the molecule is Cc1cc(NC(=O)C[C@H](NC(N)=O)c2ccccc2)ccc1Br. The quantitative estimate of drug-likeness (QED) is 0.746. The van der Waals surface area contributed by atoms with Crippen LogP contribution in [0.2, 0.25) is 0 Å². The van der Waals surface area contributed by atoms with Crippen molar-refractivity contribution in [1.29, 1.82) is 0 Å². The lowest BCUT2D eigenvalue weighted by Crippen LogP contribution is -2.35. The van der Waals surface area contributed by atoms with E-state index in [0.717, 1.165) is 15.6 Å². The highest BCUT2D eigenvalue weighted by Crippen LogP contribution is 2.21. The van der Waals surface area contributed by atoms with E-state index < -0.39 is 12.1 Å². The molecule has 0 saturated heterocycles. The molecule has 120 valence electrons. The van der Waals surface area contributed by atoms with Gasteiger partial charge in [0.15, 0.2) is 0 Å². The van der Waals surface area contributed by atoms with E-state index >= 15 is 0 Å². The predicted octanol–water partition coefficient (Wildman–Crippen LogP) is 3.50. The number of carbonyl (C=O) groups is 2. The van der Waals surface area contributed by atoms with Crippen LogP contribution in [0.5, 0.6) is 0 Å². The van der Waals surface area contributed by atoms with Crippen LogP contribution in [0.3, 0.4) is 0 Å². The lowest BCUT2D eigenvalue weighted by atomic mass is 10.0. The molecule has 4 N–H and O–H groups in total. The zero-order valence-electron chi connectivity index (χ0n) is 12.7. The minimum Gasteiger partial charge on any atom is -0.352 e. The molecule has 0 unspecified atom stereocenters. The number of anilines is 1. The Balaban J connectivity index is 2.08. The van der Waals surface area contributed by atoms with E-state index in [1.165, 1.54) is 0 Å². The first-order valence-electron chi connectivity index (χ1n) is 7.12. The number of urea groups is 1. The lowest BCUT2D eigenvalue weighted by molar-refractivity contribution is -0.116. The van der Waals surface area contributed by atoms with Gasteiger partial charge in [-0.3, -0.25) is 4.79 Å². The summed E-state index contributed by atoms with van der Waals surface area (Å²) < 4.78 is 0.980. The van der Waals surface area contributed by atoms with Gasteiger partial charge in [-0.05, 0) is 36.2 Å². The van der Waals surface area contributed by atoms with Crippen LogP contribution in [0.25, 0.3) is 0 Å². The number of nitrogens with two attached hydrogens (primary N) is 1. The molecule has 0 saturated carbocycles. The number of carbonyl (C=O) groups excluding carboxylic acids is 2. The van der Waals surface area contributed by atoms with Gasteiger partial charge in [-0.25, -0.2) is 4.79 Å². The standard InChI is InChI=1S/C17H18BrN3O2/c1-11-9-13(7-8-14(11)18)20-16(22)10-15(21-17(19)23)12-5-3-2-4-6-12/h2-9,15H,10H2,1H3,(H,20,22)(H3,19,21,23)/t15-/m0/s1. The van der Waals surface area contributed by atoms with E-state index in [0.29, 0.717) is 5.69 Å². The van der Waals surface area contributed by atoms with Crippen molar-refractivity contribution < 1.29 is 9.59 Å². The van der Waals surface area contributed by atoms with Gasteiger partial charge >= 0.3 is 6.03 Å². The van der Waals surface area contributed by atoms with Gasteiger partial charge in [0.05, 0.1) is 12.5 Å². The number of hydrogen-bond donors (Lipinski definition) is 3. The molecule has 2 aromatic rings. The van der Waals surface area contributed by atoms with E-state index in [1.807, 2.05) is 55.5 Å². The molecule has 0 aliphatic heterocycles. The second-order valence-corrected chi connectivity index (χ2v) is 6.04. The third-order valence-electron chi connectivity index (χ3n) is 3.35. The number of amides is 3. The molecule has 3 amide bonds. The average molecular weight is 376 g/mol. The molecular formula is C17H18BrN3O2. The van der Waals surface area contributed by atoms with Crippen LogP contribution < -0.4 is 16.4 Å². The molecule has 0 spiro atoms. The summed E-state index contributed by atoms with van der Waals surface area (Å²) >= 11 is 3.42. The van der Waals surface area contributed by atoms with Gasteiger partial charge in [0.1, 0.15) is 0 Å². The normalized spacial score (nSPS) is 11.6. The molecule has 5 nitrogen and oxygen atoms in total. The minimum absolute atomic E-state index is 0.0993. The van der Waals surface area contributed by atoms with Crippen molar-refractivity contribution in [1.82, 2.24) is 5.32 Å². The fourth-order valence-corrected chi connectivity index (χ4v) is 2.48. The Labute approximate surface area is 143 Å². The maximum Gasteiger partial charge on any atom is 0.312 e. The van der Waals surface area contributed by atoms with Crippen LogP contribution in [0, 0.1) is 6.92 Å². The van der Waals surface area contributed by atoms with Crippen molar-refractivity contribution >= 4 is 33.6 Å². The third-order valence-corrected chi connectivity index (χ3v) is 4.24. The van der Waals surface area contributed by atoms with Gasteiger partial charge in [-0.2, -0.15) is 0 Å². The molecule has 0 heterocycles. The summed E-state index contributed by atoms with van der Waals surface area (Å²) in [4.78, 5) is 23.4. The van der Waals surface area contributed by atoms with Gasteiger partial charge < -0.3 is 16.4 Å². The Kier molecular flexibility index (Phi) is 5.76. The Hall–Kier alpha value is -2.34. The van der Waals surface area contributed by atoms with Crippen molar-refractivity contribution in [3.8, 4) is 0 Å². The van der Waals surface area contributed by atoms with Gasteiger partial charge in [0.25, 0.3) is 0 Å². The molecule has 6 heteroatoms. The van der Waals surface area contributed by atoms with Crippen molar-refractivity contribution in [2.24, 2.45) is 5.73 Å². The van der Waals surface area contributed by atoms with E-state index in [9.17, 15) is 9.59 Å². The summed E-state index contributed by atoms with van der Waals surface area (Å²) in [5.41, 5.74) is 7.77. The van der Waals surface area contributed by atoms with E-state index in [4.69, 9.17) is 5.73 Å². The molecule has 23 heavy (non-hydrogen) atoms. The largest absolute Gasteiger partial charge is 0.352 e. The monoisotopic (exact) mass is 375 g/mol. The van der Waals surface area contributed by atoms with Crippen molar-refractivity contribution in [2.45, 2.75) is 19.4 Å². The maximum atomic E-state index is 12.3. The van der Waals surface area contributed by atoms with E-state index in [-0.39, 0.29) is 12.3 Å². The number of rotatable bonds is 5. The minimum atomic E-state index is -0.661. The summed E-state index contributed by atoms with van der Waals surface area (Å²) in [7, 11) is 0. The lowest BCUT2D eigenvalue weighted by Gasteiger charge is -2.18. The van der Waals surface area contributed by atoms with E-state index in [2.05, 4.69) is 26.6 Å². The van der Waals surface area contributed by atoms with Gasteiger partial charge in [-0.1, -0.05) is 46.3 Å². The van der Waals surface area contributed by atoms with Crippen LogP contribution in [0.1, 0.15) is 23.6 Å². The van der Waals surface area contributed by atoms with Crippen molar-refractivity contribution in [2.75, 3.05) is 5.32 Å². The summed E-state index contributed by atoms with van der Waals surface area (Å²) in [5.74, 6) is -0.200. The number of nitrogens with one attached hydrogen (secondary N) is 2. The van der Waals surface area contributed by atoms with Crippen LogP contribution in [0.15, 0.2) is 53.0 Å². The topological polar surface area (TPSA) is 84.2 Å². The first kappa shape index (κ1) is 17.0. The fraction of sp³-hybridized carbons (Fsp3) is 0.176. The summed E-state index contributed by atoms with van der Waals surface area (Å²) in [6, 6.07) is 13.7. The molecule has 2 aromatic carbocycles. The molecule has 0 aromatic heterocycles. The number of hydrogen-bond acceptors (Lipinski definition) is 2. The van der Waals surface area contributed by atoms with Crippen LogP contribution >= 0.6 is 15.9 Å². The number of benzene rings is 2. The number of aryl methyl sites for hydroxylation is 1. The van der Waals surface area contributed by atoms with Gasteiger partial charge in [0.2, 0.25) is 5.91 Å². The number of primary amides is 1. The second kappa shape index (κ2) is 7.78.